The Hall–Kier alpha value is -1.44. The molecule has 1 aromatic carbocycles. The summed E-state index contributed by atoms with van der Waals surface area (Å²) in [5, 5.41) is 2.39. The van der Waals surface area contributed by atoms with Crippen molar-refractivity contribution in [3.8, 4) is 11.5 Å². The fourth-order valence-electron chi connectivity index (χ4n) is 1.69. The molecule has 0 aromatic heterocycles. The smallest absolute Gasteiger partial charge is 0.387 e. The molecule has 4 nitrogen and oxygen atoms in total. The lowest BCUT2D eigenvalue weighted by atomic mass is 10.1. The lowest BCUT2D eigenvalue weighted by Gasteiger charge is -2.14. The van der Waals surface area contributed by atoms with Crippen molar-refractivity contribution in [2.24, 2.45) is 0 Å². The first kappa shape index (κ1) is 15.0. The second-order valence-electron chi connectivity index (χ2n) is 4.19. The number of ether oxygens (including phenoxy) is 2. The molecule has 0 radical (unpaired) electrons. The topological polar surface area (TPSA) is 47.6 Å². The summed E-state index contributed by atoms with van der Waals surface area (Å²) >= 11 is 3.10. The van der Waals surface area contributed by atoms with Gasteiger partial charge in [-0.3, -0.25) is 4.79 Å². The molecule has 0 bridgehead atoms. The van der Waals surface area contributed by atoms with Crippen LogP contribution in [0.1, 0.15) is 16.8 Å². The number of hydrogen-bond donors (Lipinski definition) is 1. The summed E-state index contributed by atoms with van der Waals surface area (Å²) in [5.41, 5.74) is -0.185. The average Bonchev–Trinajstić information content (AvgIpc) is 3.02. The summed E-state index contributed by atoms with van der Waals surface area (Å²) in [4.78, 5) is 12.0. The van der Waals surface area contributed by atoms with E-state index in [0.717, 1.165) is 0 Å². The van der Waals surface area contributed by atoms with E-state index in [4.69, 9.17) is 4.74 Å². The predicted molar refractivity (Wildman–Crippen MR) is 68.1 cm³/mol. The molecule has 2 rings (SSSR count). The lowest BCUT2D eigenvalue weighted by Crippen LogP contribution is -2.28. The van der Waals surface area contributed by atoms with Gasteiger partial charge in [0.25, 0.3) is 5.91 Å². The third kappa shape index (κ3) is 3.36. The highest BCUT2D eigenvalue weighted by atomic mass is 79.9. The first-order chi connectivity index (χ1) is 9.42. The van der Waals surface area contributed by atoms with Crippen molar-refractivity contribution in [1.29, 1.82) is 0 Å². The predicted octanol–water partition coefficient (Wildman–Crippen LogP) is 2.90. The fraction of sp³-hybridized carbons (Fsp3) is 0.417. The number of amides is 1. The Balaban J connectivity index is 2.33. The van der Waals surface area contributed by atoms with Crippen LogP contribution in [0.15, 0.2) is 16.6 Å². The van der Waals surface area contributed by atoms with Gasteiger partial charge in [0.2, 0.25) is 0 Å². The Morgan fingerprint density at radius 3 is 2.55 bits per heavy atom. The Morgan fingerprint density at radius 1 is 1.45 bits per heavy atom. The second-order valence-corrected chi connectivity index (χ2v) is 5.11. The van der Waals surface area contributed by atoms with Crippen LogP contribution in [0.25, 0.3) is 0 Å². The fourth-order valence-corrected chi connectivity index (χ4v) is 2.10. The number of halogens is 4. The average molecular weight is 354 g/mol. The number of hydrogen-bond acceptors (Lipinski definition) is 3. The van der Waals surface area contributed by atoms with Crippen molar-refractivity contribution < 1.29 is 27.4 Å². The van der Waals surface area contributed by atoms with Gasteiger partial charge in [-0.25, -0.2) is 4.39 Å². The van der Waals surface area contributed by atoms with E-state index in [1.807, 2.05) is 0 Å². The quantitative estimate of drug-likeness (QED) is 0.885. The van der Waals surface area contributed by atoms with E-state index in [1.54, 1.807) is 0 Å². The maximum absolute atomic E-state index is 12.8. The molecule has 0 saturated heterocycles. The minimum atomic E-state index is -3.09. The maximum atomic E-state index is 12.8. The van der Waals surface area contributed by atoms with Gasteiger partial charge in [-0.1, -0.05) is 15.9 Å². The summed E-state index contributed by atoms with van der Waals surface area (Å²) in [6, 6.07) is 2.08. The molecule has 1 amide bonds. The van der Waals surface area contributed by atoms with Crippen LogP contribution in [0, 0.1) is 0 Å². The number of carbonyl (C=O) groups is 1. The van der Waals surface area contributed by atoms with Gasteiger partial charge in [-0.2, -0.15) is 8.78 Å². The van der Waals surface area contributed by atoms with Crippen LogP contribution >= 0.6 is 15.9 Å². The number of carbonyl (C=O) groups excluding carboxylic acids is 1. The standard InChI is InChI=1S/C12H11BrF3NO3/c1-19-8-2-5(13)3-9(20-12(15)16)10(8)11(18)17-7-4-6(7)14/h2-3,6-7,12H,4H2,1H3,(H,17,18)/t6-,7+/m0/s1. The van der Waals surface area contributed by atoms with Gasteiger partial charge in [0.15, 0.2) is 0 Å². The van der Waals surface area contributed by atoms with E-state index >= 15 is 0 Å². The van der Waals surface area contributed by atoms with E-state index in [1.165, 1.54) is 19.2 Å². The molecule has 8 heteroatoms. The van der Waals surface area contributed by atoms with Gasteiger partial charge in [0, 0.05) is 10.9 Å². The van der Waals surface area contributed by atoms with Gasteiger partial charge >= 0.3 is 6.61 Å². The largest absolute Gasteiger partial charge is 0.496 e. The monoisotopic (exact) mass is 353 g/mol. The van der Waals surface area contributed by atoms with Crippen LogP contribution < -0.4 is 14.8 Å². The number of alkyl halides is 3. The third-order valence-electron chi connectivity index (χ3n) is 2.72. The summed E-state index contributed by atoms with van der Waals surface area (Å²) in [5.74, 6) is -0.987. The van der Waals surface area contributed by atoms with Crippen molar-refractivity contribution in [3.63, 3.8) is 0 Å². The van der Waals surface area contributed by atoms with Crippen LogP contribution in [0.2, 0.25) is 0 Å². The van der Waals surface area contributed by atoms with Crippen LogP contribution in [-0.4, -0.2) is 31.8 Å². The molecule has 1 N–H and O–H groups in total. The number of nitrogens with one attached hydrogen (secondary N) is 1. The molecule has 2 atom stereocenters. The van der Waals surface area contributed by atoms with Crippen molar-refractivity contribution in [1.82, 2.24) is 5.32 Å². The van der Waals surface area contributed by atoms with Crippen LogP contribution in [0.5, 0.6) is 11.5 Å². The van der Waals surface area contributed by atoms with E-state index in [0.29, 0.717) is 4.47 Å². The molecule has 1 saturated carbocycles. The molecule has 0 aliphatic heterocycles. The molecule has 1 fully saturated rings. The van der Waals surface area contributed by atoms with E-state index in [9.17, 15) is 18.0 Å². The Bertz CT molecular complexity index is 527. The second kappa shape index (κ2) is 5.90. The molecular formula is C12H11BrF3NO3. The Kier molecular flexibility index (Phi) is 4.42. The van der Waals surface area contributed by atoms with Crippen LogP contribution in [0.4, 0.5) is 13.2 Å². The maximum Gasteiger partial charge on any atom is 0.387 e. The van der Waals surface area contributed by atoms with Gasteiger partial charge in [0.1, 0.15) is 23.2 Å². The molecule has 1 aromatic rings. The number of benzene rings is 1. The molecule has 0 spiro atoms. The van der Waals surface area contributed by atoms with E-state index in [2.05, 4.69) is 26.0 Å². The normalized spacial score (nSPS) is 20.7. The van der Waals surface area contributed by atoms with Gasteiger partial charge in [0.05, 0.1) is 13.2 Å². The van der Waals surface area contributed by atoms with Crippen LogP contribution in [-0.2, 0) is 0 Å². The zero-order chi connectivity index (χ0) is 14.9. The molecule has 1 aliphatic carbocycles. The highest BCUT2D eigenvalue weighted by Crippen LogP contribution is 2.35. The first-order valence-electron chi connectivity index (χ1n) is 5.69. The third-order valence-corrected chi connectivity index (χ3v) is 3.18. The van der Waals surface area contributed by atoms with Crippen molar-refractivity contribution in [3.05, 3.63) is 22.2 Å². The van der Waals surface area contributed by atoms with Gasteiger partial charge < -0.3 is 14.8 Å². The SMILES string of the molecule is COc1cc(Br)cc(OC(F)F)c1C(=O)N[C@@H]1C[C@@H]1F. The highest BCUT2D eigenvalue weighted by molar-refractivity contribution is 9.10. The molecule has 0 unspecified atom stereocenters. The summed E-state index contributed by atoms with van der Waals surface area (Å²) in [6.45, 7) is -3.09. The zero-order valence-electron chi connectivity index (χ0n) is 10.3. The van der Waals surface area contributed by atoms with Crippen molar-refractivity contribution in [2.45, 2.75) is 25.2 Å². The first-order valence-corrected chi connectivity index (χ1v) is 6.49. The number of methoxy groups -OCH3 is 1. The summed E-state index contributed by atoms with van der Waals surface area (Å²) in [6.07, 6.45) is -0.879. The lowest BCUT2D eigenvalue weighted by molar-refractivity contribution is -0.0503. The molecular weight excluding hydrogens is 343 g/mol. The summed E-state index contributed by atoms with van der Waals surface area (Å²) < 4.78 is 47.3. The number of rotatable bonds is 5. The van der Waals surface area contributed by atoms with Crippen molar-refractivity contribution in [2.75, 3.05) is 7.11 Å². The van der Waals surface area contributed by atoms with E-state index in [-0.39, 0.29) is 23.5 Å². The van der Waals surface area contributed by atoms with E-state index < -0.39 is 24.7 Å². The van der Waals surface area contributed by atoms with Gasteiger partial charge in [-0.05, 0) is 12.1 Å². The zero-order valence-corrected chi connectivity index (χ0v) is 11.9. The molecule has 0 heterocycles. The Labute approximate surface area is 121 Å². The van der Waals surface area contributed by atoms with Crippen LogP contribution in [0.3, 0.4) is 0 Å². The highest BCUT2D eigenvalue weighted by Gasteiger charge is 2.39. The molecule has 1 aliphatic rings. The van der Waals surface area contributed by atoms with Crippen molar-refractivity contribution >= 4 is 21.8 Å². The minimum Gasteiger partial charge on any atom is -0.496 e. The molecule has 110 valence electrons. The minimum absolute atomic E-state index is 0.0589. The van der Waals surface area contributed by atoms with Gasteiger partial charge in [-0.15, -0.1) is 0 Å². The summed E-state index contributed by atoms with van der Waals surface area (Å²) in [7, 11) is 1.29. The molecule has 20 heavy (non-hydrogen) atoms. The Morgan fingerprint density at radius 2 is 2.05 bits per heavy atom.